The van der Waals surface area contributed by atoms with Crippen LogP contribution in [0.4, 0.5) is 0 Å². The van der Waals surface area contributed by atoms with Crippen molar-refractivity contribution in [2.24, 2.45) is 5.92 Å². The summed E-state index contributed by atoms with van der Waals surface area (Å²) >= 11 is 0. The molecule has 1 aromatic rings. The average molecular weight is 194 g/mol. The van der Waals surface area contributed by atoms with Crippen molar-refractivity contribution in [1.82, 2.24) is 9.97 Å². The van der Waals surface area contributed by atoms with Crippen molar-refractivity contribution in [3.63, 3.8) is 0 Å². The third kappa shape index (κ3) is 2.80. The number of hydrogen-bond acceptors (Lipinski definition) is 4. The van der Waals surface area contributed by atoms with Gasteiger partial charge in [-0.25, -0.2) is 4.98 Å². The van der Waals surface area contributed by atoms with Crippen LogP contribution in [0.25, 0.3) is 0 Å². The number of carbonyl (C=O) groups excluding carboxylic acids is 1. The molecule has 0 atom stereocenters. The molecule has 0 aliphatic rings. The standard InChI is InChI=1S/C10H14N2O2/c1-7(2)4-9-11-8(6-13)5-10(12-9)14-3/h5-7H,4H2,1-3H3. The first-order valence-corrected chi connectivity index (χ1v) is 4.53. The monoisotopic (exact) mass is 194 g/mol. The molecule has 4 nitrogen and oxygen atoms in total. The van der Waals surface area contributed by atoms with Gasteiger partial charge < -0.3 is 4.74 Å². The number of ether oxygens (including phenoxy) is 1. The highest BCUT2D eigenvalue weighted by molar-refractivity contribution is 5.72. The number of methoxy groups -OCH3 is 1. The molecular formula is C10H14N2O2. The highest BCUT2D eigenvalue weighted by Gasteiger charge is 2.05. The minimum Gasteiger partial charge on any atom is -0.481 e. The second-order valence-electron chi connectivity index (χ2n) is 3.47. The predicted octanol–water partition coefficient (Wildman–Crippen LogP) is 1.50. The zero-order valence-electron chi connectivity index (χ0n) is 8.65. The number of rotatable bonds is 4. The molecule has 0 aliphatic heterocycles. The molecule has 1 rings (SSSR count). The Bertz CT molecular complexity index is 324. The highest BCUT2D eigenvalue weighted by atomic mass is 16.5. The summed E-state index contributed by atoms with van der Waals surface area (Å²) in [4.78, 5) is 18.8. The number of aldehydes is 1. The fraction of sp³-hybridized carbons (Fsp3) is 0.500. The Balaban J connectivity index is 2.98. The van der Waals surface area contributed by atoms with E-state index in [0.717, 1.165) is 6.42 Å². The van der Waals surface area contributed by atoms with Crippen molar-refractivity contribution in [2.75, 3.05) is 7.11 Å². The van der Waals surface area contributed by atoms with Crippen LogP contribution in [0.1, 0.15) is 30.2 Å². The molecule has 0 spiro atoms. The fourth-order valence-corrected chi connectivity index (χ4v) is 1.11. The van der Waals surface area contributed by atoms with Crippen LogP contribution < -0.4 is 4.74 Å². The molecule has 14 heavy (non-hydrogen) atoms. The summed E-state index contributed by atoms with van der Waals surface area (Å²) < 4.78 is 4.97. The third-order valence-electron chi connectivity index (χ3n) is 1.69. The lowest BCUT2D eigenvalue weighted by molar-refractivity contribution is 0.111. The molecule has 76 valence electrons. The molecular weight excluding hydrogens is 180 g/mol. The van der Waals surface area contributed by atoms with Gasteiger partial charge in [0.1, 0.15) is 11.5 Å². The predicted molar refractivity (Wildman–Crippen MR) is 52.5 cm³/mol. The zero-order valence-corrected chi connectivity index (χ0v) is 8.65. The highest BCUT2D eigenvalue weighted by Crippen LogP contribution is 2.10. The minimum atomic E-state index is 0.368. The lowest BCUT2D eigenvalue weighted by Crippen LogP contribution is -2.04. The Kier molecular flexibility index (Phi) is 3.56. The Morgan fingerprint density at radius 2 is 2.21 bits per heavy atom. The van der Waals surface area contributed by atoms with E-state index in [9.17, 15) is 4.79 Å². The number of nitrogens with zero attached hydrogens (tertiary/aromatic N) is 2. The first-order valence-electron chi connectivity index (χ1n) is 4.53. The van der Waals surface area contributed by atoms with Crippen molar-refractivity contribution < 1.29 is 9.53 Å². The van der Waals surface area contributed by atoms with Crippen LogP contribution in [0.5, 0.6) is 5.88 Å². The smallest absolute Gasteiger partial charge is 0.216 e. The zero-order chi connectivity index (χ0) is 10.6. The van der Waals surface area contributed by atoms with Crippen molar-refractivity contribution in [1.29, 1.82) is 0 Å². The molecule has 4 heteroatoms. The lowest BCUT2D eigenvalue weighted by Gasteiger charge is -2.05. The van der Waals surface area contributed by atoms with Gasteiger partial charge in [-0.15, -0.1) is 0 Å². The Morgan fingerprint density at radius 3 is 2.71 bits per heavy atom. The van der Waals surface area contributed by atoms with Crippen LogP contribution in [0.2, 0.25) is 0 Å². The van der Waals surface area contributed by atoms with Crippen LogP contribution in [-0.4, -0.2) is 23.4 Å². The summed E-state index contributed by atoms with van der Waals surface area (Å²) in [6, 6.07) is 1.52. The Labute approximate surface area is 83.3 Å². The van der Waals surface area contributed by atoms with Crippen molar-refractivity contribution in [2.45, 2.75) is 20.3 Å². The summed E-state index contributed by atoms with van der Waals surface area (Å²) in [6.07, 6.45) is 1.45. The van der Waals surface area contributed by atoms with Crippen molar-refractivity contribution >= 4 is 6.29 Å². The molecule has 0 unspecified atom stereocenters. The molecule has 1 aromatic heterocycles. The molecule has 0 bridgehead atoms. The van der Waals surface area contributed by atoms with Crippen LogP contribution in [0.3, 0.4) is 0 Å². The Hall–Kier alpha value is -1.45. The molecule has 0 saturated carbocycles. The first-order chi connectivity index (χ1) is 6.65. The molecule has 1 heterocycles. The maximum Gasteiger partial charge on any atom is 0.216 e. The number of aromatic nitrogens is 2. The summed E-state index contributed by atoms with van der Waals surface area (Å²) in [5.41, 5.74) is 0.368. The van der Waals surface area contributed by atoms with Crippen molar-refractivity contribution in [3.8, 4) is 5.88 Å². The van der Waals surface area contributed by atoms with Gasteiger partial charge in [-0.1, -0.05) is 13.8 Å². The van der Waals surface area contributed by atoms with Gasteiger partial charge in [0.15, 0.2) is 6.29 Å². The fourth-order valence-electron chi connectivity index (χ4n) is 1.11. The normalized spacial score (nSPS) is 10.3. The quantitative estimate of drug-likeness (QED) is 0.681. The summed E-state index contributed by atoms with van der Waals surface area (Å²) in [5.74, 6) is 1.56. The average Bonchev–Trinajstić information content (AvgIpc) is 2.16. The number of hydrogen-bond donors (Lipinski definition) is 0. The van der Waals surface area contributed by atoms with Crippen molar-refractivity contribution in [3.05, 3.63) is 17.6 Å². The topological polar surface area (TPSA) is 52.1 Å². The van der Waals surface area contributed by atoms with E-state index in [1.54, 1.807) is 0 Å². The van der Waals surface area contributed by atoms with Gasteiger partial charge in [0.05, 0.1) is 7.11 Å². The van der Waals surface area contributed by atoms with Gasteiger partial charge in [-0.2, -0.15) is 4.98 Å². The van der Waals surface area contributed by atoms with E-state index < -0.39 is 0 Å². The van der Waals surface area contributed by atoms with E-state index in [0.29, 0.717) is 29.6 Å². The lowest BCUT2D eigenvalue weighted by atomic mass is 10.1. The molecule has 0 aromatic carbocycles. The third-order valence-corrected chi connectivity index (χ3v) is 1.69. The molecule has 0 radical (unpaired) electrons. The van der Waals surface area contributed by atoms with Gasteiger partial charge in [-0.05, 0) is 5.92 Å². The molecule has 0 aliphatic carbocycles. The Morgan fingerprint density at radius 1 is 1.50 bits per heavy atom. The maximum atomic E-state index is 10.6. The second kappa shape index (κ2) is 4.69. The van der Waals surface area contributed by atoms with E-state index in [1.165, 1.54) is 13.2 Å². The van der Waals surface area contributed by atoms with Crippen LogP contribution in [-0.2, 0) is 6.42 Å². The first kappa shape index (κ1) is 10.6. The van der Waals surface area contributed by atoms with E-state index in [-0.39, 0.29) is 0 Å². The summed E-state index contributed by atoms with van der Waals surface area (Å²) in [7, 11) is 1.52. The summed E-state index contributed by atoms with van der Waals surface area (Å²) in [5, 5.41) is 0. The second-order valence-corrected chi connectivity index (χ2v) is 3.47. The molecule has 0 amide bonds. The van der Waals surface area contributed by atoms with Gasteiger partial charge in [-0.3, -0.25) is 4.79 Å². The van der Waals surface area contributed by atoms with Gasteiger partial charge >= 0.3 is 0 Å². The summed E-state index contributed by atoms with van der Waals surface area (Å²) in [6.45, 7) is 4.15. The minimum absolute atomic E-state index is 0.368. The largest absolute Gasteiger partial charge is 0.481 e. The molecule has 0 N–H and O–H groups in total. The molecule has 0 saturated heterocycles. The van der Waals surface area contributed by atoms with Gasteiger partial charge in [0.2, 0.25) is 5.88 Å². The number of carbonyl (C=O) groups is 1. The van der Waals surface area contributed by atoms with Gasteiger partial charge in [0, 0.05) is 12.5 Å². The van der Waals surface area contributed by atoms with E-state index >= 15 is 0 Å². The van der Waals surface area contributed by atoms with Crippen LogP contribution in [0, 0.1) is 5.92 Å². The van der Waals surface area contributed by atoms with E-state index in [2.05, 4.69) is 23.8 Å². The van der Waals surface area contributed by atoms with Gasteiger partial charge in [0.25, 0.3) is 0 Å². The maximum absolute atomic E-state index is 10.6. The van der Waals surface area contributed by atoms with Crippen LogP contribution in [0.15, 0.2) is 6.07 Å². The molecule has 0 fully saturated rings. The SMILES string of the molecule is COc1cc(C=O)nc(CC(C)C)n1. The van der Waals surface area contributed by atoms with E-state index in [4.69, 9.17) is 4.74 Å². The van der Waals surface area contributed by atoms with E-state index in [1.807, 2.05) is 0 Å². The van der Waals surface area contributed by atoms with Crippen LogP contribution >= 0.6 is 0 Å².